The highest BCUT2D eigenvalue weighted by Gasteiger charge is 2.29. The third-order valence-corrected chi connectivity index (χ3v) is 5.77. The van der Waals surface area contributed by atoms with Crippen molar-refractivity contribution in [3.8, 4) is 0 Å². The van der Waals surface area contributed by atoms with E-state index in [-0.39, 0.29) is 25.0 Å². The Kier molecular flexibility index (Phi) is 9.79. The molecule has 0 heterocycles. The zero-order valence-electron chi connectivity index (χ0n) is 15.3. The summed E-state index contributed by atoms with van der Waals surface area (Å²) >= 11 is 0. The summed E-state index contributed by atoms with van der Waals surface area (Å²) in [6, 6.07) is -0.0412. The average Bonchev–Trinajstić information content (AvgIpc) is 2.39. The molecule has 0 bridgehead atoms. The molecule has 0 saturated heterocycles. The highest BCUT2D eigenvalue weighted by atomic mass is 35.5. The Bertz CT molecular complexity index is 491. The Morgan fingerprint density at radius 1 is 1.25 bits per heavy atom. The van der Waals surface area contributed by atoms with Crippen molar-refractivity contribution in [2.24, 2.45) is 17.6 Å². The van der Waals surface area contributed by atoms with Crippen LogP contribution in [0.15, 0.2) is 0 Å². The number of nitrogens with two attached hydrogens (primary N) is 1. The molecule has 1 saturated carbocycles. The summed E-state index contributed by atoms with van der Waals surface area (Å²) in [5.41, 5.74) is 5.18. The minimum atomic E-state index is -3.61. The Labute approximate surface area is 153 Å². The van der Waals surface area contributed by atoms with Crippen LogP contribution in [0.3, 0.4) is 0 Å². The van der Waals surface area contributed by atoms with Gasteiger partial charge in [0.1, 0.15) is 5.75 Å². The van der Waals surface area contributed by atoms with Crippen molar-refractivity contribution in [2.45, 2.75) is 71.4 Å². The van der Waals surface area contributed by atoms with Gasteiger partial charge in [0, 0.05) is 18.1 Å². The van der Waals surface area contributed by atoms with Crippen LogP contribution in [0.1, 0.15) is 59.8 Å². The molecule has 0 aromatic carbocycles. The quantitative estimate of drug-likeness (QED) is 0.594. The van der Waals surface area contributed by atoms with Gasteiger partial charge in [-0.15, -0.1) is 12.4 Å². The summed E-state index contributed by atoms with van der Waals surface area (Å²) in [5, 5.41) is 2.79. The first-order valence-corrected chi connectivity index (χ1v) is 10.2. The van der Waals surface area contributed by atoms with Crippen LogP contribution < -0.4 is 15.8 Å². The van der Waals surface area contributed by atoms with Gasteiger partial charge in [-0.2, -0.15) is 0 Å². The van der Waals surface area contributed by atoms with Gasteiger partial charge >= 0.3 is 0 Å². The topological polar surface area (TPSA) is 101 Å². The Morgan fingerprint density at radius 3 is 2.25 bits per heavy atom. The highest BCUT2D eigenvalue weighted by Crippen LogP contribution is 2.23. The van der Waals surface area contributed by atoms with E-state index in [0.717, 1.165) is 25.7 Å². The van der Waals surface area contributed by atoms with Gasteiger partial charge in [0.15, 0.2) is 0 Å². The van der Waals surface area contributed by atoms with Gasteiger partial charge in [0.25, 0.3) is 0 Å². The van der Waals surface area contributed by atoms with Crippen LogP contribution in [0, 0.1) is 11.8 Å². The Morgan fingerprint density at radius 2 is 1.79 bits per heavy atom. The summed E-state index contributed by atoms with van der Waals surface area (Å²) < 4.78 is 27.0. The fraction of sp³-hybridized carbons (Fsp3) is 0.938. The first kappa shape index (κ1) is 23.6. The zero-order chi connectivity index (χ0) is 17.7. The summed E-state index contributed by atoms with van der Waals surface area (Å²) in [5.74, 6) is -0.00865. The summed E-state index contributed by atoms with van der Waals surface area (Å²) in [6.07, 6.45) is 4.45. The second-order valence-electron chi connectivity index (χ2n) is 7.74. The lowest BCUT2D eigenvalue weighted by Gasteiger charge is -2.31. The molecule has 0 aromatic rings. The molecule has 4 N–H and O–H groups in total. The number of carbonyl (C=O) groups excluding carboxylic acids is 1. The van der Waals surface area contributed by atoms with E-state index < -0.39 is 27.2 Å². The van der Waals surface area contributed by atoms with Crippen LogP contribution >= 0.6 is 12.4 Å². The number of nitrogens with one attached hydrogen (secondary N) is 2. The maximum Gasteiger partial charge on any atom is 0.237 e. The van der Waals surface area contributed by atoms with Crippen LogP contribution in [0.5, 0.6) is 0 Å². The maximum atomic E-state index is 12.2. The molecule has 1 fully saturated rings. The summed E-state index contributed by atoms with van der Waals surface area (Å²) in [4.78, 5) is 12.1. The molecule has 0 aliphatic heterocycles. The summed E-state index contributed by atoms with van der Waals surface area (Å²) in [6.45, 7) is 8.41. The fourth-order valence-corrected chi connectivity index (χ4v) is 4.55. The van der Waals surface area contributed by atoms with Gasteiger partial charge < -0.3 is 11.1 Å². The molecule has 1 aliphatic carbocycles. The van der Waals surface area contributed by atoms with Crippen molar-refractivity contribution >= 4 is 28.3 Å². The van der Waals surface area contributed by atoms with Crippen molar-refractivity contribution in [1.29, 1.82) is 0 Å². The van der Waals surface area contributed by atoms with Gasteiger partial charge in [-0.05, 0) is 50.9 Å². The molecule has 24 heavy (non-hydrogen) atoms. The predicted molar refractivity (Wildman–Crippen MR) is 101 cm³/mol. The standard InChI is InChI=1S/C16H33N3O3S.ClH/c1-12(2)9-16(4,11-17)18-15(20)10-23(21,22)19-14-7-5-13(3)6-8-14;/h12-14,19H,5-11,17H2,1-4H3,(H,18,20);1H. The number of hydrogen-bond acceptors (Lipinski definition) is 4. The molecule has 1 atom stereocenters. The predicted octanol–water partition coefficient (Wildman–Crippen LogP) is 1.79. The largest absolute Gasteiger partial charge is 0.349 e. The molecule has 0 aromatic heterocycles. The number of rotatable bonds is 8. The van der Waals surface area contributed by atoms with Gasteiger partial charge in [0.05, 0.1) is 0 Å². The van der Waals surface area contributed by atoms with E-state index in [1.165, 1.54) is 0 Å². The average molecular weight is 384 g/mol. The van der Waals surface area contributed by atoms with Crippen molar-refractivity contribution in [2.75, 3.05) is 12.3 Å². The van der Waals surface area contributed by atoms with E-state index in [0.29, 0.717) is 18.3 Å². The number of carbonyl (C=O) groups is 1. The summed E-state index contributed by atoms with van der Waals surface area (Å²) in [7, 11) is -3.61. The van der Waals surface area contributed by atoms with E-state index in [4.69, 9.17) is 5.73 Å². The van der Waals surface area contributed by atoms with Crippen LogP contribution in [0.4, 0.5) is 0 Å². The first-order chi connectivity index (χ1) is 10.6. The van der Waals surface area contributed by atoms with Crippen molar-refractivity contribution < 1.29 is 13.2 Å². The van der Waals surface area contributed by atoms with E-state index >= 15 is 0 Å². The lowest BCUT2D eigenvalue weighted by atomic mass is 9.88. The number of halogens is 1. The van der Waals surface area contributed by atoms with E-state index in [9.17, 15) is 13.2 Å². The molecular formula is C16H34ClN3O3S. The van der Waals surface area contributed by atoms with Crippen LogP contribution in [0.25, 0.3) is 0 Å². The van der Waals surface area contributed by atoms with Gasteiger partial charge in [-0.3, -0.25) is 4.79 Å². The molecule has 0 spiro atoms. The van der Waals surface area contributed by atoms with Crippen LogP contribution in [-0.4, -0.2) is 38.2 Å². The van der Waals surface area contributed by atoms with Gasteiger partial charge in [0.2, 0.25) is 15.9 Å². The second kappa shape index (κ2) is 9.94. The molecule has 8 heteroatoms. The highest BCUT2D eigenvalue weighted by molar-refractivity contribution is 7.90. The zero-order valence-corrected chi connectivity index (χ0v) is 16.9. The fourth-order valence-electron chi connectivity index (χ4n) is 3.31. The van der Waals surface area contributed by atoms with Crippen LogP contribution in [0.2, 0.25) is 0 Å². The first-order valence-electron chi connectivity index (χ1n) is 8.56. The van der Waals surface area contributed by atoms with Gasteiger partial charge in [-0.25, -0.2) is 13.1 Å². The minimum absolute atomic E-state index is 0. The molecule has 1 rings (SSSR count). The lowest BCUT2D eigenvalue weighted by Crippen LogP contribution is -2.54. The molecule has 144 valence electrons. The Hall–Kier alpha value is -0.370. The molecule has 1 amide bonds. The number of sulfonamides is 1. The molecule has 6 nitrogen and oxygen atoms in total. The monoisotopic (exact) mass is 383 g/mol. The number of amides is 1. The third kappa shape index (κ3) is 8.65. The smallest absolute Gasteiger partial charge is 0.237 e. The molecule has 0 radical (unpaired) electrons. The molecular weight excluding hydrogens is 350 g/mol. The van der Waals surface area contributed by atoms with Crippen molar-refractivity contribution in [3.05, 3.63) is 0 Å². The molecule has 1 unspecified atom stereocenters. The minimum Gasteiger partial charge on any atom is -0.349 e. The van der Waals surface area contributed by atoms with Crippen molar-refractivity contribution in [3.63, 3.8) is 0 Å². The van der Waals surface area contributed by atoms with Gasteiger partial charge in [-0.1, -0.05) is 20.8 Å². The third-order valence-electron chi connectivity index (χ3n) is 4.43. The Balaban J connectivity index is 0.00000529. The van der Waals surface area contributed by atoms with E-state index in [1.54, 1.807) is 0 Å². The second-order valence-corrected chi connectivity index (χ2v) is 9.50. The van der Waals surface area contributed by atoms with E-state index in [2.05, 4.69) is 17.0 Å². The lowest BCUT2D eigenvalue weighted by molar-refractivity contribution is -0.120. The normalized spacial score (nSPS) is 24.1. The molecule has 1 aliphatic rings. The van der Waals surface area contributed by atoms with Crippen molar-refractivity contribution in [1.82, 2.24) is 10.0 Å². The van der Waals surface area contributed by atoms with Crippen LogP contribution in [-0.2, 0) is 14.8 Å². The maximum absolute atomic E-state index is 12.2. The SMILES string of the molecule is CC(C)CC(C)(CN)NC(=O)CS(=O)(=O)NC1CCC(C)CC1.Cl. The van der Waals surface area contributed by atoms with E-state index in [1.807, 2.05) is 20.8 Å². The number of hydrogen-bond donors (Lipinski definition) is 3.